The minimum absolute atomic E-state index is 0.0756. The lowest BCUT2D eigenvalue weighted by molar-refractivity contribution is -0.116. The number of anilines is 2. The maximum Gasteiger partial charge on any atom is 0.294 e. The fourth-order valence-electron chi connectivity index (χ4n) is 3.10. The number of hydrogen-bond acceptors (Lipinski definition) is 6. The zero-order valence-electron chi connectivity index (χ0n) is 17.2. The molecule has 0 aliphatic heterocycles. The highest BCUT2D eigenvalue weighted by Crippen LogP contribution is 2.15. The van der Waals surface area contributed by atoms with E-state index in [0.717, 1.165) is 16.7 Å². The van der Waals surface area contributed by atoms with Gasteiger partial charge in [-0.15, -0.1) is 0 Å². The minimum atomic E-state index is -0.428. The Morgan fingerprint density at radius 2 is 1.71 bits per heavy atom. The van der Waals surface area contributed by atoms with Gasteiger partial charge in [0.25, 0.3) is 5.56 Å². The van der Waals surface area contributed by atoms with E-state index in [1.807, 2.05) is 30.3 Å². The van der Waals surface area contributed by atoms with Crippen LogP contribution in [0.2, 0.25) is 5.15 Å². The molecule has 0 bridgehead atoms. The van der Waals surface area contributed by atoms with E-state index in [1.54, 1.807) is 25.1 Å². The average Bonchev–Trinajstić information content (AvgIpc) is 2.78. The summed E-state index contributed by atoms with van der Waals surface area (Å²) in [6, 6.07) is 14.9. The lowest BCUT2D eigenvalue weighted by atomic mass is 10.1. The summed E-state index contributed by atoms with van der Waals surface area (Å²) in [6.45, 7) is 2.61. The van der Waals surface area contributed by atoms with Crippen LogP contribution >= 0.6 is 11.6 Å². The second-order valence-corrected chi connectivity index (χ2v) is 7.42. The summed E-state index contributed by atoms with van der Waals surface area (Å²) in [5.41, 5.74) is 14.7. The SMILES string of the molecule is Cc1c(Cl)nc(NCc2cccc(CN)c2)c(=O)n1CC(=O)Nc1cccc(CN)c1. The van der Waals surface area contributed by atoms with Crippen LogP contribution in [0.5, 0.6) is 0 Å². The Hall–Kier alpha value is -3.20. The number of nitrogens with one attached hydrogen (secondary N) is 2. The van der Waals surface area contributed by atoms with Crippen LogP contribution in [-0.2, 0) is 31.0 Å². The van der Waals surface area contributed by atoms with Gasteiger partial charge < -0.3 is 22.1 Å². The number of halogens is 1. The van der Waals surface area contributed by atoms with E-state index in [0.29, 0.717) is 31.0 Å². The maximum absolute atomic E-state index is 12.9. The van der Waals surface area contributed by atoms with Gasteiger partial charge in [0.1, 0.15) is 6.54 Å². The van der Waals surface area contributed by atoms with Crippen molar-refractivity contribution in [2.75, 3.05) is 10.6 Å². The summed E-state index contributed by atoms with van der Waals surface area (Å²) >= 11 is 6.23. The molecule has 1 aromatic heterocycles. The van der Waals surface area contributed by atoms with E-state index in [4.69, 9.17) is 23.1 Å². The van der Waals surface area contributed by atoms with E-state index >= 15 is 0 Å². The number of benzene rings is 2. The minimum Gasteiger partial charge on any atom is -0.361 e. The van der Waals surface area contributed by atoms with Crippen LogP contribution in [0.1, 0.15) is 22.4 Å². The first-order valence-corrected chi connectivity index (χ1v) is 10.2. The van der Waals surface area contributed by atoms with Crippen molar-refractivity contribution in [3.05, 3.63) is 86.4 Å². The lowest BCUT2D eigenvalue weighted by Crippen LogP contribution is -2.32. The fourth-order valence-corrected chi connectivity index (χ4v) is 3.28. The van der Waals surface area contributed by atoms with Gasteiger partial charge in [-0.25, -0.2) is 4.98 Å². The number of amides is 1. The first-order valence-electron chi connectivity index (χ1n) is 9.78. The molecule has 3 rings (SSSR count). The molecule has 0 unspecified atom stereocenters. The predicted octanol–water partition coefficient (Wildman–Crippen LogP) is 2.37. The van der Waals surface area contributed by atoms with Crippen molar-refractivity contribution in [3.63, 3.8) is 0 Å². The quantitative estimate of drug-likeness (QED) is 0.425. The second kappa shape index (κ2) is 10.2. The van der Waals surface area contributed by atoms with E-state index < -0.39 is 5.56 Å². The molecular weight excluding hydrogens is 416 g/mol. The first kappa shape index (κ1) is 22.5. The highest BCUT2D eigenvalue weighted by Gasteiger charge is 2.15. The van der Waals surface area contributed by atoms with Gasteiger partial charge in [-0.2, -0.15) is 0 Å². The Morgan fingerprint density at radius 3 is 2.42 bits per heavy atom. The van der Waals surface area contributed by atoms with Crippen molar-refractivity contribution in [2.45, 2.75) is 33.1 Å². The molecule has 3 aromatic rings. The summed E-state index contributed by atoms with van der Waals surface area (Å²) in [6.07, 6.45) is 0. The Bertz CT molecular complexity index is 1150. The van der Waals surface area contributed by atoms with Crippen molar-refractivity contribution in [1.29, 1.82) is 0 Å². The second-order valence-electron chi connectivity index (χ2n) is 7.06. The molecule has 0 saturated carbocycles. The molecule has 0 radical (unpaired) electrons. The summed E-state index contributed by atoms with van der Waals surface area (Å²) in [5, 5.41) is 5.94. The molecule has 0 aliphatic rings. The zero-order valence-corrected chi connectivity index (χ0v) is 17.9. The number of carbonyl (C=O) groups is 1. The van der Waals surface area contributed by atoms with Crippen LogP contribution in [0.3, 0.4) is 0 Å². The Morgan fingerprint density at radius 1 is 1.06 bits per heavy atom. The number of aromatic nitrogens is 2. The number of carbonyl (C=O) groups excluding carboxylic acids is 1. The van der Waals surface area contributed by atoms with E-state index in [-0.39, 0.29) is 23.4 Å². The van der Waals surface area contributed by atoms with Gasteiger partial charge in [-0.05, 0) is 35.7 Å². The van der Waals surface area contributed by atoms with Gasteiger partial charge in [0.2, 0.25) is 5.91 Å². The molecule has 9 heteroatoms. The summed E-state index contributed by atoms with van der Waals surface area (Å²) in [4.78, 5) is 29.7. The van der Waals surface area contributed by atoms with Gasteiger partial charge in [0, 0.05) is 25.3 Å². The predicted molar refractivity (Wildman–Crippen MR) is 123 cm³/mol. The van der Waals surface area contributed by atoms with Gasteiger partial charge in [-0.1, -0.05) is 48.0 Å². The molecule has 0 aliphatic carbocycles. The monoisotopic (exact) mass is 440 g/mol. The van der Waals surface area contributed by atoms with Crippen LogP contribution < -0.4 is 27.7 Å². The molecule has 8 nitrogen and oxygen atoms in total. The number of rotatable bonds is 8. The molecule has 6 N–H and O–H groups in total. The van der Waals surface area contributed by atoms with Crippen LogP contribution in [0, 0.1) is 6.92 Å². The molecule has 1 heterocycles. The fraction of sp³-hybridized carbons (Fsp3) is 0.227. The lowest BCUT2D eigenvalue weighted by Gasteiger charge is -2.14. The number of nitrogens with two attached hydrogens (primary N) is 2. The normalized spacial score (nSPS) is 10.7. The Labute approximate surface area is 185 Å². The molecule has 0 saturated heterocycles. The van der Waals surface area contributed by atoms with Gasteiger partial charge >= 0.3 is 0 Å². The third-order valence-corrected chi connectivity index (χ3v) is 5.15. The molecule has 2 aromatic carbocycles. The van der Waals surface area contributed by atoms with E-state index in [9.17, 15) is 9.59 Å². The Kier molecular flexibility index (Phi) is 7.41. The van der Waals surface area contributed by atoms with Crippen LogP contribution in [-0.4, -0.2) is 15.5 Å². The third-order valence-electron chi connectivity index (χ3n) is 4.80. The van der Waals surface area contributed by atoms with Crippen molar-refractivity contribution < 1.29 is 4.79 Å². The van der Waals surface area contributed by atoms with Crippen molar-refractivity contribution in [2.24, 2.45) is 11.5 Å². The van der Waals surface area contributed by atoms with Crippen molar-refractivity contribution in [3.8, 4) is 0 Å². The third kappa shape index (κ3) is 5.69. The number of hydrogen-bond donors (Lipinski definition) is 4. The van der Waals surface area contributed by atoms with Gasteiger partial charge in [-0.3, -0.25) is 14.2 Å². The molecule has 31 heavy (non-hydrogen) atoms. The summed E-state index contributed by atoms with van der Waals surface area (Å²) in [7, 11) is 0. The standard InChI is InChI=1S/C22H25ClN6O2/c1-14-20(23)28-21(26-12-17-6-2-4-15(8-17)10-24)22(31)29(14)13-19(30)27-18-7-3-5-16(9-18)11-25/h2-9H,10-13,24-25H2,1H3,(H,26,28)(H,27,30). The van der Waals surface area contributed by atoms with E-state index in [2.05, 4.69) is 15.6 Å². The smallest absolute Gasteiger partial charge is 0.294 e. The molecule has 0 fully saturated rings. The Balaban J connectivity index is 1.77. The first-order chi connectivity index (χ1) is 14.9. The topological polar surface area (TPSA) is 128 Å². The largest absolute Gasteiger partial charge is 0.361 e. The van der Waals surface area contributed by atoms with Crippen LogP contribution in [0.4, 0.5) is 11.5 Å². The van der Waals surface area contributed by atoms with Crippen molar-refractivity contribution >= 4 is 29.0 Å². The number of nitrogens with zero attached hydrogens (tertiary/aromatic N) is 2. The van der Waals surface area contributed by atoms with Crippen molar-refractivity contribution in [1.82, 2.24) is 9.55 Å². The van der Waals surface area contributed by atoms with E-state index in [1.165, 1.54) is 4.57 Å². The zero-order chi connectivity index (χ0) is 22.4. The molecular formula is C22H25ClN6O2. The molecule has 162 valence electrons. The summed E-state index contributed by atoms with van der Waals surface area (Å²) < 4.78 is 1.30. The van der Waals surface area contributed by atoms with Crippen LogP contribution in [0.25, 0.3) is 0 Å². The summed E-state index contributed by atoms with van der Waals surface area (Å²) in [5.74, 6) is -0.282. The van der Waals surface area contributed by atoms with Crippen LogP contribution in [0.15, 0.2) is 53.3 Å². The van der Waals surface area contributed by atoms with Gasteiger partial charge in [0.05, 0.1) is 5.69 Å². The average molecular weight is 441 g/mol. The molecule has 1 amide bonds. The maximum atomic E-state index is 12.9. The molecule has 0 atom stereocenters. The molecule has 0 spiro atoms. The van der Waals surface area contributed by atoms with Gasteiger partial charge in [0.15, 0.2) is 11.0 Å². The highest BCUT2D eigenvalue weighted by atomic mass is 35.5. The highest BCUT2D eigenvalue weighted by molar-refractivity contribution is 6.30.